The highest BCUT2D eigenvalue weighted by Gasteiger charge is 2.27. The number of rotatable bonds is 7. The molecule has 164 valence electrons. The van der Waals surface area contributed by atoms with E-state index in [1.54, 1.807) is 23.5 Å². The Morgan fingerprint density at radius 1 is 1.23 bits per heavy atom. The number of hydrogen-bond acceptors (Lipinski definition) is 7. The summed E-state index contributed by atoms with van der Waals surface area (Å²) in [5, 5.41) is 4.42. The van der Waals surface area contributed by atoms with Gasteiger partial charge in [0.25, 0.3) is 0 Å². The van der Waals surface area contributed by atoms with Gasteiger partial charge in [-0.3, -0.25) is 4.79 Å². The molecule has 1 saturated heterocycles. The van der Waals surface area contributed by atoms with Gasteiger partial charge >= 0.3 is 5.97 Å². The number of nitrogens with one attached hydrogen (secondary N) is 1. The zero-order valence-corrected chi connectivity index (χ0v) is 18.7. The number of anilines is 2. The van der Waals surface area contributed by atoms with Crippen LogP contribution in [0, 0.1) is 11.7 Å². The van der Waals surface area contributed by atoms with Crippen LogP contribution in [0.5, 0.6) is 0 Å². The summed E-state index contributed by atoms with van der Waals surface area (Å²) in [5.74, 6) is 1.07. The van der Waals surface area contributed by atoms with Crippen LogP contribution in [0.4, 0.5) is 16.2 Å². The maximum atomic E-state index is 13.2. The number of hydrogen-bond donors (Lipinski definition) is 1. The lowest BCUT2D eigenvalue weighted by Gasteiger charge is -2.31. The molecule has 0 bridgehead atoms. The quantitative estimate of drug-likeness (QED) is 0.531. The second kappa shape index (κ2) is 9.60. The molecular formula is C23H27FN4O2S. The fourth-order valence-electron chi connectivity index (χ4n) is 3.77. The van der Waals surface area contributed by atoms with E-state index >= 15 is 0 Å². The number of carbonyl (C=O) groups is 1. The van der Waals surface area contributed by atoms with E-state index in [9.17, 15) is 9.18 Å². The Bertz CT molecular complexity index is 1050. The van der Waals surface area contributed by atoms with E-state index < -0.39 is 0 Å². The predicted molar refractivity (Wildman–Crippen MR) is 122 cm³/mol. The molecule has 1 aliphatic heterocycles. The van der Waals surface area contributed by atoms with Crippen LogP contribution in [-0.2, 0) is 22.5 Å². The first-order valence-corrected chi connectivity index (χ1v) is 11.6. The van der Waals surface area contributed by atoms with E-state index in [-0.39, 0.29) is 17.7 Å². The minimum absolute atomic E-state index is 0.0514. The van der Waals surface area contributed by atoms with Crippen LogP contribution in [0.1, 0.15) is 37.1 Å². The molecule has 0 radical (unpaired) electrons. The van der Waals surface area contributed by atoms with Crippen LogP contribution in [0.3, 0.4) is 0 Å². The summed E-state index contributed by atoms with van der Waals surface area (Å²) in [4.78, 5) is 26.1. The molecule has 1 aliphatic rings. The lowest BCUT2D eigenvalue weighted by molar-refractivity contribution is -0.148. The third-order valence-electron chi connectivity index (χ3n) is 5.55. The molecule has 2 aromatic heterocycles. The van der Waals surface area contributed by atoms with Crippen molar-refractivity contribution in [3.05, 3.63) is 46.6 Å². The first-order valence-electron chi connectivity index (χ1n) is 10.8. The van der Waals surface area contributed by atoms with E-state index in [1.165, 1.54) is 17.0 Å². The predicted octanol–water partition coefficient (Wildman–Crippen LogP) is 4.78. The summed E-state index contributed by atoms with van der Waals surface area (Å²) < 4.78 is 18.4. The van der Waals surface area contributed by atoms with Gasteiger partial charge in [-0.1, -0.05) is 19.1 Å². The summed E-state index contributed by atoms with van der Waals surface area (Å²) >= 11 is 1.68. The van der Waals surface area contributed by atoms with Gasteiger partial charge in [-0.05, 0) is 49.9 Å². The van der Waals surface area contributed by atoms with Crippen LogP contribution in [0.15, 0.2) is 30.3 Å². The summed E-state index contributed by atoms with van der Waals surface area (Å²) in [6.45, 7) is 6.37. The Morgan fingerprint density at radius 3 is 2.65 bits per heavy atom. The molecule has 0 unspecified atom stereocenters. The minimum Gasteiger partial charge on any atom is -0.466 e. The Kier molecular flexibility index (Phi) is 6.65. The Labute approximate surface area is 185 Å². The highest BCUT2D eigenvalue weighted by atomic mass is 32.1. The maximum Gasteiger partial charge on any atom is 0.309 e. The monoisotopic (exact) mass is 442 g/mol. The summed E-state index contributed by atoms with van der Waals surface area (Å²) in [6, 6.07) is 8.61. The van der Waals surface area contributed by atoms with Crippen LogP contribution < -0.4 is 10.2 Å². The Balaban J connectivity index is 1.55. The van der Waals surface area contributed by atoms with E-state index in [0.717, 1.165) is 53.9 Å². The molecule has 0 atom stereocenters. The van der Waals surface area contributed by atoms with Crippen molar-refractivity contribution < 1.29 is 13.9 Å². The number of fused-ring (bicyclic) bond motifs is 1. The van der Waals surface area contributed by atoms with Crippen molar-refractivity contribution in [2.24, 2.45) is 5.92 Å². The molecule has 0 spiro atoms. The average molecular weight is 443 g/mol. The molecule has 1 fully saturated rings. The number of aryl methyl sites for hydroxylation is 1. The smallest absolute Gasteiger partial charge is 0.309 e. The van der Waals surface area contributed by atoms with Crippen molar-refractivity contribution in [1.82, 2.24) is 9.97 Å². The molecule has 31 heavy (non-hydrogen) atoms. The highest BCUT2D eigenvalue weighted by molar-refractivity contribution is 7.18. The van der Waals surface area contributed by atoms with E-state index in [0.29, 0.717) is 19.1 Å². The van der Waals surface area contributed by atoms with Gasteiger partial charge < -0.3 is 15.0 Å². The van der Waals surface area contributed by atoms with Gasteiger partial charge in [0.15, 0.2) is 0 Å². The number of aromatic nitrogens is 2. The SMILES string of the molecule is CCOC(=O)C1CCN(c2nc(NCc3ccc(F)cc3)c3cc(CC)sc3n2)CC1. The lowest BCUT2D eigenvalue weighted by Crippen LogP contribution is -2.38. The van der Waals surface area contributed by atoms with Crippen molar-refractivity contribution in [2.75, 3.05) is 29.9 Å². The van der Waals surface area contributed by atoms with Crippen molar-refractivity contribution in [2.45, 2.75) is 39.7 Å². The molecule has 1 aromatic carbocycles. The summed E-state index contributed by atoms with van der Waals surface area (Å²) in [6.07, 6.45) is 2.42. The van der Waals surface area contributed by atoms with E-state index in [1.807, 2.05) is 6.92 Å². The molecule has 1 N–H and O–H groups in total. The maximum absolute atomic E-state index is 13.2. The second-order valence-electron chi connectivity index (χ2n) is 7.65. The van der Waals surface area contributed by atoms with Crippen molar-refractivity contribution >= 4 is 39.3 Å². The number of piperidine rings is 1. The number of nitrogens with zero attached hydrogens (tertiary/aromatic N) is 3. The number of halogens is 1. The zero-order chi connectivity index (χ0) is 21.8. The standard InChI is InChI=1S/C23H27FN4O2S/c1-3-18-13-19-20(25-14-15-5-7-17(24)8-6-15)26-23(27-21(19)31-18)28-11-9-16(10-12-28)22(29)30-4-2/h5-8,13,16H,3-4,9-12,14H2,1-2H3,(H,25,26,27). The number of thiophene rings is 1. The van der Waals surface area contributed by atoms with Crippen LogP contribution in [-0.4, -0.2) is 35.6 Å². The Morgan fingerprint density at radius 2 is 1.97 bits per heavy atom. The molecule has 4 rings (SSSR count). The average Bonchev–Trinajstić information content (AvgIpc) is 3.22. The van der Waals surface area contributed by atoms with Crippen molar-refractivity contribution in [1.29, 1.82) is 0 Å². The van der Waals surface area contributed by atoms with Gasteiger partial charge in [-0.2, -0.15) is 4.98 Å². The molecule has 0 amide bonds. The van der Waals surface area contributed by atoms with Crippen LogP contribution in [0.2, 0.25) is 0 Å². The van der Waals surface area contributed by atoms with E-state index in [2.05, 4.69) is 23.2 Å². The van der Waals surface area contributed by atoms with Gasteiger partial charge in [0.05, 0.1) is 17.9 Å². The largest absolute Gasteiger partial charge is 0.466 e. The number of carbonyl (C=O) groups excluding carboxylic acids is 1. The Hall–Kier alpha value is -2.74. The lowest BCUT2D eigenvalue weighted by atomic mass is 9.97. The van der Waals surface area contributed by atoms with Gasteiger partial charge in [0, 0.05) is 24.5 Å². The molecule has 3 aromatic rings. The van der Waals surface area contributed by atoms with Crippen molar-refractivity contribution in [3.63, 3.8) is 0 Å². The van der Waals surface area contributed by atoms with Gasteiger partial charge in [-0.25, -0.2) is 9.37 Å². The van der Waals surface area contributed by atoms with Crippen molar-refractivity contribution in [3.8, 4) is 0 Å². The molecule has 0 saturated carbocycles. The number of ether oxygens (including phenoxy) is 1. The first-order chi connectivity index (χ1) is 15.1. The molecule has 8 heteroatoms. The summed E-state index contributed by atoms with van der Waals surface area (Å²) in [5.41, 5.74) is 0.982. The number of esters is 1. The fraction of sp³-hybridized carbons (Fsp3) is 0.435. The molecule has 3 heterocycles. The zero-order valence-electron chi connectivity index (χ0n) is 17.9. The number of benzene rings is 1. The first kappa shape index (κ1) is 21.5. The van der Waals surface area contributed by atoms with Gasteiger partial charge in [-0.15, -0.1) is 11.3 Å². The third kappa shape index (κ3) is 4.95. The fourth-order valence-corrected chi connectivity index (χ4v) is 4.74. The minimum atomic E-state index is -0.243. The third-order valence-corrected chi connectivity index (χ3v) is 6.72. The molecule has 6 nitrogen and oxygen atoms in total. The summed E-state index contributed by atoms with van der Waals surface area (Å²) in [7, 11) is 0. The molecular weight excluding hydrogens is 415 g/mol. The molecule has 0 aliphatic carbocycles. The highest BCUT2D eigenvalue weighted by Crippen LogP contribution is 2.32. The topological polar surface area (TPSA) is 67.3 Å². The normalized spacial score (nSPS) is 14.7. The van der Waals surface area contributed by atoms with Crippen LogP contribution >= 0.6 is 11.3 Å². The van der Waals surface area contributed by atoms with Crippen LogP contribution in [0.25, 0.3) is 10.2 Å². The van der Waals surface area contributed by atoms with Gasteiger partial charge in [0.2, 0.25) is 5.95 Å². The second-order valence-corrected chi connectivity index (χ2v) is 8.77. The van der Waals surface area contributed by atoms with E-state index in [4.69, 9.17) is 14.7 Å². The van der Waals surface area contributed by atoms with Gasteiger partial charge in [0.1, 0.15) is 16.5 Å².